The van der Waals surface area contributed by atoms with Crippen LogP contribution >= 0.6 is 11.3 Å². The Morgan fingerprint density at radius 2 is 2.35 bits per heavy atom. The first-order valence-corrected chi connectivity index (χ1v) is 7.89. The summed E-state index contributed by atoms with van der Waals surface area (Å²) in [6.45, 7) is 3.12. The Morgan fingerprint density at radius 1 is 1.40 bits per heavy atom. The molecule has 0 bridgehead atoms. The lowest BCUT2D eigenvalue weighted by Crippen LogP contribution is -2.13. The zero-order valence-corrected chi connectivity index (χ0v) is 12.2. The van der Waals surface area contributed by atoms with Gasteiger partial charge in [0.2, 0.25) is 0 Å². The third kappa shape index (κ3) is 1.94. The van der Waals surface area contributed by atoms with Gasteiger partial charge in [-0.3, -0.25) is 0 Å². The van der Waals surface area contributed by atoms with E-state index in [1.54, 1.807) is 11.3 Å². The summed E-state index contributed by atoms with van der Waals surface area (Å²) in [4.78, 5) is 4.61. The second kappa shape index (κ2) is 4.68. The van der Waals surface area contributed by atoms with Crippen LogP contribution in [0.2, 0.25) is 0 Å². The molecule has 5 heteroatoms. The van der Waals surface area contributed by atoms with Crippen LogP contribution in [0, 0.1) is 6.92 Å². The molecule has 0 aliphatic carbocycles. The van der Waals surface area contributed by atoms with Gasteiger partial charge in [0.25, 0.3) is 0 Å². The summed E-state index contributed by atoms with van der Waals surface area (Å²) in [6.07, 6.45) is 2.39. The van der Waals surface area contributed by atoms with Crippen LogP contribution in [0.25, 0.3) is 16.9 Å². The van der Waals surface area contributed by atoms with Crippen LogP contribution in [0.4, 0.5) is 0 Å². The van der Waals surface area contributed by atoms with Crippen LogP contribution in [0.15, 0.2) is 29.0 Å². The van der Waals surface area contributed by atoms with Crippen LogP contribution in [-0.2, 0) is 0 Å². The van der Waals surface area contributed by atoms with E-state index in [1.165, 1.54) is 12.0 Å². The van der Waals surface area contributed by atoms with Crippen molar-refractivity contribution in [3.8, 4) is 11.3 Å². The van der Waals surface area contributed by atoms with Crippen molar-refractivity contribution < 1.29 is 0 Å². The molecule has 4 nitrogen and oxygen atoms in total. The number of fused-ring (bicyclic) bond motifs is 1. The van der Waals surface area contributed by atoms with Gasteiger partial charge in [0.05, 0.1) is 17.4 Å². The number of nitrogens with zero attached hydrogens (tertiary/aromatic N) is 3. The molecule has 3 aromatic rings. The monoisotopic (exact) mass is 284 g/mol. The summed E-state index contributed by atoms with van der Waals surface area (Å²) in [5, 5.41) is 12.5. The highest BCUT2D eigenvalue weighted by Gasteiger charge is 2.20. The predicted molar refractivity (Wildman–Crippen MR) is 81.0 cm³/mol. The Kier molecular flexibility index (Phi) is 2.82. The van der Waals surface area contributed by atoms with Gasteiger partial charge in [-0.15, -0.1) is 0 Å². The molecule has 1 aliphatic heterocycles. The SMILES string of the molecule is Cc1cc(-c2ccsc2)n2nc(C3CCCN3)cc2n1. The molecule has 20 heavy (non-hydrogen) atoms. The lowest BCUT2D eigenvalue weighted by atomic mass is 10.2. The second-order valence-corrected chi connectivity index (χ2v) is 6.06. The lowest BCUT2D eigenvalue weighted by molar-refractivity contribution is 0.621. The normalized spacial score (nSPS) is 18.9. The van der Waals surface area contributed by atoms with Crippen LogP contribution in [0.5, 0.6) is 0 Å². The van der Waals surface area contributed by atoms with Crippen molar-refractivity contribution in [2.75, 3.05) is 6.54 Å². The van der Waals surface area contributed by atoms with Gasteiger partial charge in [-0.25, -0.2) is 9.50 Å². The van der Waals surface area contributed by atoms with E-state index in [0.29, 0.717) is 6.04 Å². The molecule has 0 radical (unpaired) electrons. The van der Waals surface area contributed by atoms with Gasteiger partial charge < -0.3 is 5.32 Å². The molecule has 1 saturated heterocycles. The third-order valence-electron chi connectivity index (χ3n) is 3.81. The fourth-order valence-corrected chi connectivity index (χ4v) is 3.49. The summed E-state index contributed by atoms with van der Waals surface area (Å²) in [7, 11) is 0. The van der Waals surface area contributed by atoms with Crippen LogP contribution in [0.1, 0.15) is 30.3 Å². The Balaban J connectivity index is 1.90. The first-order valence-electron chi connectivity index (χ1n) is 6.94. The molecule has 1 unspecified atom stereocenters. The highest BCUT2D eigenvalue weighted by Crippen LogP contribution is 2.27. The quantitative estimate of drug-likeness (QED) is 0.786. The molecular weight excluding hydrogens is 268 g/mol. The van der Waals surface area contributed by atoms with E-state index in [0.717, 1.165) is 35.7 Å². The van der Waals surface area contributed by atoms with Gasteiger partial charge in [-0.05, 0) is 43.8 Å². The maximum Gasteiger partial charge on any atom is 0.156 e. The number of rotatable bonds is 2. The van der Waals surface area contributed by atoms with Gasteiger partial charge in [0, 0.05) is 22.7 Å². The van der Waals surface area contributed by atoms with Crippen molar-refractivity contribution in [1.82, 2.24) is 19.9 Å². The average molecular weight is 284 g/mol. The molecule has 0 amide bonds. The van der Waals surface area contributed by atoms with E-state index in [4.69, 9.17) is 5.10 Å². The summed E-state index contributed by atoms with van der Waals surface area (Å²) >= 11 is 1.71. The molecule has 4 heterocycles. The molecule has 1 aliphatic rings. The average Bonchev–Trinajstić information content (AvgIpc) is 3.18. The van der Waals surface area contributed by atoms with E-state index >= 15 is 0 Å². The number of aromatic nitrogens is 3. The molecule has 0 aromatic carbocycles. The standard InChI is InChI=1S/C15H16N4S/c1-10-7-14(11-4-6-20-9-11)19-15(17-10)8-13(18-19)12-3-2-5-16-12/h4,6-9,12,16H,2-3,5H2,1H3. The maximum atomic E-state index is 4.79. The number of nitrogens with one attached hydrogen (secondary N) is 1. The van der Waals surface area contributed by atoms with Gasteiger partial charge in [-0.1, -0.05) is 0 Å². The zero-order valence-electron chi connectivity index (χ0n) is 11.3. The molecule has 0 saturated carbocycles. The molecule has 1 N–H and O–H groups in total. The van der Waals surface area contributed by atoms with E-state index in [2.05, 4.69) is 39.3 Å². The maximum absolute atomic E-state index is 4.79. The summed E-state index contributed by atoms with van der Waals surface area (Å²) in [5.74, 6) is 0. The van der Waals surface area contributed by atoms with Crippen molar-refractivity contribution in [2.24, 2.45) is 0 Å². The number of hydrogen-bond donors (Lipinski definition) is 1. The Bertz CT molecular complexity index is 739. The number of hydrogen-bond acceptors (Lipinski definition) is 4. The van der Waals surface area contributed by atoms with Crippen molar-refractivity contribution in [3.05, 3.63) is 40.3 Å². The van der Waals surface area contributed by atoms with Crippen LogP contribution < -0.4 is 5.32 Å². The fraction of sp³-hybridized carbons (Fsp3) is 0.333. The zero-order chi connectivity index (χ0) is 13.5. The molecule has 102 valence electrons. The summed E-state index contributed by atoms with van der Waals surface area (Å²) in [5.41, 5.74) is 5.41. The van der Waals surface area contributed by atoms with Gasteiger partial charge >= 0.3 is 0 Å². The second-order valence-electron chi connectivity index (χ2n) is 5.28. The highest BCUT2D eigenvalue weighted by molar-refractivity contribution is 7.08. The molecule has 3 aromatic heterocycles. The first kappa shape index (κ1) is 12.1. The van der Waals surface area contributed by atoms with Crippen molar-refractivity contribution in [2.45, 2.75) is 25.8 Å². The fourth-order valence-electron chi connectivity index (χ4n) is 2.84. The predicted octanol–water partition coefficient (Wildman–Crippen LogP) is 3.19. The van der Waals surface area contributed by atoms with Crippen LogP contribution in [0.3, 0.4) is 0 Å². The lowest BCUT2D eigenvalue weighted by Gasteiger charge is -2.05. The minimum Gasteiger partial charge on any atom is -0.309 e. The Labute approximate surface area is 121 Å². The van der Waals surface area contributed by atoms with Gasteiger partial charge in [-0.2, -0.15) is 16.4 Å². The van der Waals surface area contributed by atoms with Crippen LogP contribution in [-0.4, -0.2) is 21.1 Å². The molecular formula is C15H16N4S. The smallest absolute Gasteiger partial charge is 0.156 e. The van der Waals surface area contributed by atoms with E-state index in [-0.39, 0.29) is 0 Å². The van der Waals surface area contributed by atoms with Crippen molar-refractivity contribution >= 4 is 17.0 Å². The summed E-state index contributed by atoms with van der Waals surface area (Å²) in [6, 6.07) is 6.74. The number of aryl methyl sites for hydroxylation is 1. The molecule has 4 rings (SSSR count). The van der Waals surface area contributed by atoms with Crippen molar-refractivity contribution in [3.63, 3.8) is 0 Å². The number of thiophene rings is 1. The van der Waals surface area contributed by atoms with E-state index < -0.39 is 0 Å². The minimum absolute atomic E-state index is 0.382. The topological polar surface area (TPSA) is 42.2 Å². The van der Waals surface area contributed by atoms with Gasteiger partial charge in [0.15, 0.2) is 5.65 Å². The van der Waals surface area contributed by atoms with E-state index in [9.17, 15) is 0 Å². The first-order chi connectivity index (χ1) is 9.81. The summed E-state index contributed by atoms with van der Waals surface area (Å²) < 4.78 is 1.98. The third-order valence-corrected chi connectivity index (χ3v) is 4.49. The van der Waals surface area contributed by atoms with E-state index in [1.807, 2.05) is 11.4 Å². The molecule has 1 atom stereocenters. The molecule has 1 fully saturated rings. The largest absolute Gasteiger partial charge is 0.309 e. The highest BCUT2D eigenvalue weighted by atomic mass is 32.1. The Morgan fingerprint density at radius 3 is 3.10 bits per heavy atom. The Hall–Kier alpha value is -1.72. The van der Waals surface area contributed by atoms with Gasteiger partial charge in [0.1, 0.15) is 0 Å². The minimum atomic E-state index is 0.382. The molecule has 0 spiro atoms. The van der Waals surface area contributed by atoms with Crippen molar-refractivity contribution in [1.29, 1.82) is 0 Å².